The summed E-state index contributed by atoms with van der Waals surface area (Å²) < 4.78 is 7.19. The molecule has 1 aromatic heterocycles. The average Bonchev–Trinajstić information content (AvgIpc) is 3.17. The molecule has 2 aromatic carbocycles. The molecule has 1 atom stereocenters. The van der Waals surface area contributed by atoms with Crippen LogP contribution in [0.4, 0.5) is 5.69 Å². The highest BCUT2D eigenvalue weighted by Gasteiger charge is 2.23. The number of hydrogen-bond acceptors (Lipinski definition) is 5. The lowest BCUT2D eigenvalue weighted by Gasteiger charge is -2.25. The fourth-order valence-electron chi connectivity index (χ4n) is 3.10. The molecule has 1 amide bonds. The molecule has 0 saturated carbocycles. The van der Waals surface area contributed by atoms with Gasteiger partial charge in [0.15, 0.2) is 0 Å². The number of amides is 1. The van der Waals surface area contributed by atoms with Crippen LogP contribution in [0.15, 0.2) is 54.9 Å². The molecular weight excluding hydrogens is 318 g/mol. The first-order valence-electron chi connectivity index (χ1n) is 8.15. The van der Waals surface area contributed by atoms with Gasteiger partial charge in [0.1, 0.15) is 12.1 Å². The molecule has 0 bridgehead atoms. The van der Waals surface area contributed by atoms with Crippen LogP contribution < -0.4 is 10.1 Å². The standard InChI is InChI=1S/C18H17N5O2/c24-18(11-13-9-10-25-17-8-4-1-5-14(13)17)20-15-6-2-3-7-16(15)23-12-19-21-22-23/h1-8,12-13H,9-11H2,(H,20,24). The van der Waals surface area contributed by atoms with Crippen molar-refractivity contribution in [1.29, 1.82) is 0 Å². The van der Waals surface area contributed by atoms with Gasteiger partial charge in [-0.05, 0) is 46.5 Å². The Morgan fingerprint density at radius 3 is 2.92 bits per heavy atom. The Kier molecular flexibility index (Phi) is 4.12. The molecule has 2 heterocycles. The van der Waals surface area contributed by atoms with E-state index >= 15 is 0 Å². The number of tetrazole rings is 1. The summed E-state index contributed by atoms with van der Waals surface area (Å²) in [5.41, 5.74) is 2.51. The number of anilines is 1. The first-order chi connectivity index (χ1) is 12.3. The third-order valence-corrected chi connectivity index (χ3v) is 4.29. The third-order valence-electron chi connectivity index (χ3n) is 4.29. The molecule has 1 aliphatic heterocycles. The average molecular weight is 335 g/mol. The van der Waals surface area contributed by atoms with E-state index in [9.17, 15) is 4.79 Å². The van der Waals surface area contributed by atoms with E-state index < -0.39 is 0 Å². The van der Waals surface area contributed by atoms with Gasteiger partial charge in [0.25, 0.3) is 0 Å². The van der Waals surface area contributed by atoms with Crippen molar-refractivity contribution in [1.82, 2.24) is 20.2 Å². The van der Waals surface area contributed by atoms with Gasteiger partial charge in [0, 0.05) is 6.42 Å². The van der Waals surface area contributed by atoms with Gasteiger partial charge >= 0.3 is 0 Å². The van der Waals surface area contributed by atoms with Crippen LogP contribution in [0.25, 0.3) is 5.69 Å². The number of hydrogen-bond donors (Lipinski definition) is 1. The van der Waals surface area contributed by atoms with Gasteiger partial charge in [-0.2, -0.15) is 4.68 Å². The highest BCUT2D eigenvalue weighted by molar-refractivity contribution is 5.93. The van der Waals surface area contributed by atoms with Gasteiger partial charge in [-0.15, -0.1) is 5.10 Å². The zero-order valence-electron chi connectivity index (χ0n) is 13.5. The molecule has 0 fully saturated rings. The van der Waals surface area contributed by atoms with Crippen molar-refractivity contribution in [3.8, 4) is 11.4 Å². The smallest absolute Gasteiger partial charge is 0.225 e. The van der Waals surface area contributed by atoms with Crippen molar-refractivity contribution < 1.29 is 9.53 Å². The highest BCUT2D eigenvalue weighted by Crippen LogP contribution is 2.35. The van der Waals surface area contributed by atoms with Crippen LogP contribution in [0.2, 0.25) is 0 Å². The Hall–Kier alpha value is -3.22. The molecule has 25 heavy (non-hydrogen) atoms. The van der Waals surface area contributed by atoms with Crippen molar-refractivity contribution in [2.24, 2.45) is 0 Å². The van der Waals surface area contributed by atoms with E-state index in [0.29, 0.717) is 18.7 Å². The molecule has 3 aromatic rings. The minimum absolute atomic E-state index is 0.0396. The second kappa shape index (κ2) is 6.72. The normalized spacial score (nSPS) is 15.9. The minimum Gasteiger partial charge on any atom is -0.493 e. The minimum atomic E-state index is -0.0396. The summed E-state index contributed by atoms with van der Waals surface area (Å²) in [6, 6.07) is 15.3. The molecule has 7 heteroatoms. The summed E-state index contributed by atoms with van der Waals surface area (Å²) in [4.78, 5) is 12.6. The van der Waals surface area contributed by atoms with E-state index in [4.69, 9.17) is 4.74 Å². The molecule has 1 unspecified atom stereocenters. The van der Waals surface area contributed by atoms with Crippen molar-refractivity contribution in [2.75, 3.05) is 11.9 Å². The van der Waals surface area contributed by atoms with Crippen LogP contribution in [-0.2, 0) is 4.79 Å². The fraction of sp³-hybridized carbons (Fsp3) is 0.222. The van der Waals surface area contributed by atoms with Crippen LogP contribution in [-0.4, -0.2) is 32.7 Å². The monoisotopic (exact) mass is 335 g/mol. The summed E-state index contributed by atoms with van der Waals surface area (Å²) in [7, 11) is 0. The molecule has 0 saturated heterocycles. The molecule has 1 aliphatic rings. The van der Waals surface area contributed by atoms with Crippen molar-refractivity contribution >= 4 is 11.6 Å². The number of carbonyl (C=O) groups is 1. The van der Waals surface area contributed by atoms with E-state index in [1.54, 1.807) is 0 Å². The van der Waals surface area contributed by atoms with Gasteiger partial charge in [-0.3, -0.25) is 4.79 Å². The van der Waals surface area contributed by atoms with Crippen LogP contribution >= 0.6 is 0 Å². The van der Waals surface area contributed by atoms with Crippen LogP contribution in [0.5, 0.6) is 5.75 Å². The van der Waals surface area contributed by atoms with E-state index in [-0.39, 0.29) is 11.8 Å². The van der Waals surface area contributed by atoms with Gasteiger partial charge in [0.2, 0.25) is 5.91 Å². The Morgan fingerprint density at radius 1 is 1.20 bits per heavy atom. The Bertz CT molecular complexity index is 879. The molecule has 0 spiro atoms. The predicted molar refractivity (Wildman–Crippen MR) is 91.7 cm³/mol. The van der Waals surface area contributed by atoms with Crippen molar-refractivity contribution in [2.45, 2.75) is 18.8 Å². The number of ether oxygens (including phenoxy) is 1. The van der Waals surface area contributed by atoms with Gasteiger partial charge in [-0.1, -0.05) is 30.3 Å². The second-order valence-electron chi connectivity index (χ2n) is 5.90. The summed E-state index contributed by atoms with van der Waals surface area (Å²) in [5.74, 6) is 0.994. The Labute approximate surface area is 144 Å². The number of benzene rings is 2. The maximum Gasteiger partial charge on any atom is 0.225 e. The van der Waals surface area contributed by atoms with E-state index in [0.717, 1.165) is 23.4 Å². The fourth-order valence-corrected chi connectivity index (χ4v) is 3.10. The molecule has 126 valence electrons. The first-order valence-corrected chi connectivity index (χ1v) is 8.15. The largest absolute Gasteiger partial charge is 0.493 e. The first kappa shape index (κ1) is 15.3. The molecule has 1 N–H and O–H groups in total. The third kappa shape index (κ3) is 3.21. The van der Waals surface area contributed by atoms with Gasteiger partial charge in [-0.25, -0.2) is 0 Å². The number of fused-ring (bicyclic) bond motifs is 1. The number of nitrogens with one attached hydrogen (secondary N) is 1. The summed E-state index contributed by atoms with van der Waals surface area (Å²) in [6.45, 7) is 0.635. The lowest BCUT2D eigenvalue weighted by Crippen LogP contribution is -2.21. The number of carbonyl (C=O) groups excluding carboxylic acids is 1. The van der Waals surface area contributed by atoms with E-state index in [1.807, 2.05) is 48.5 Å². The van der Waals surface area contributed by atoms with Crippen LogP contribution in [0.3, 0.4) is 0 Å². The molecule has 0 aliphatic carbocycles. The SMILES string of the molecule is O=C(CC1CCOc2ccccc21)Nc1ccccc1-n1cnnn1. The quantitative estimate of drug-likeness (QED) is 0.792. The number of aromatic nitrogens is 4. The molecule has 4 rings (SSSR count). The topological polar surface area (TPSA) is 81.9 Å². The zero-order chi connectivity index (χ0) is 17.1. The number of para-hydroxylation sites is 3. The van der Waals surface area contributed by atoms with Crippen LogP contribution in [0, 0.1) is 0 Å². The molecular formula is C18H17N5O2. The van der Waals surface area contributed by atoms with Gasteiger partial charge in [0.05, 0.1) is 18.0 Å². The van der Waals surface area contributed by atoms with Gasteiger partial charge < -0.3 is 10.1 Å². The summed E-state index contributed by atoms with van der Waals surface area (Å²) in [6.07, 6.45) is 2.74. The maximum absolute atomic E-state index is 12.6. The van der Waals surface area contributed by atoms with Crippen LogP contribution in [0.1, 0.15) is 24.3 Å². The summed E-state index contributed by atoms with van der Waals surface area (Å²) >= 11 is 0. The zero-order valence-corrected chi connectivity index (χ0v) is 13.5. The second-order valence-corrected chi connectivity index (χ2v) is 5.90. The highest BCUT2D eigenvalue weighted by atomic mass is 16.5. The molecule has 0 radical (unpaired) electrons. The number of nitrogens with zero attached hydrogens (tertiary/aromatic N) is 4. The molecule has 7 nitrogen and oxygen atoms in total. The van der Waals surface area contributed by atoms with Crippen molar-refractivity contribution in [3.63, 3.8) is 0 Å². The number of rotatable bonds is 4. The summed E-state index contributed by atoms with van der Waals surface area (Å²) in [5, 5.41) is 14.2. The lowest BCUT2D eigenvalue weighted by molar-refractivity contribution is -0.116. The van der Waals surface area contributed by atoms with Crippen molar-refractivity contribution in [3.05, 3.63) is 60.4 Å². The van der Waals surface area contributed by atoms with E-state index in [2.05, 4.69) is 20.8 Å². The maximum atomic E-state index is 12.6. The lowest BCUT2D eigenvalue weighted by atomic mass is 9.90. The Balaban J connectivity index is 1.51. The Morgan fingerprint density at radius 2 is 2.04 bits per heavy atom. The van der Waals surface area contributed by atoms with E-state index in [1.165, 1.54) is 11.0 Å². The predicted octanol–water partition coefficient (Wildman–Crippen LogP) is 2.56.